The maximum absolute atomic E-state index is 12.8. The van der Waals surface area contributed by atoms with Crippen LogP contribution < -0.4 is 29.6 Å². The van der Waals surface area contributed by atoms with E-state index in [1.165, 1.54) is 33.4 Å². The summed E-state index contributed by atoms with van der Waals surface area (Å²) in [4.78, 5) is 24.0. The van der Waals surface area contributed by atoms with Crippen molar-refractivity contribution in [2.45, 2.75) is 42.8 Å². The number of fused-ring (bicyclic) bond motifs is 3. The number of carbonyl (C=O) groups is 2. The number of carbonyl (C=O) groups excluding carboxylic acids is 2. The molecule has 0 N–H and O–H groups in total. The molecule has 1 spiro atoms. The molecule has 3 aliphatic carbocycles. The fourth-order valence-electron chi connectivity index (χ4n) is 5.85. The number of aryl methyl sites for hydroxylation is 1. The van der Waals surface area contributed by atoms with E-state index >= 15 is 0 Å². The van der Waals surface area contributed by atoms with E-state index in [9.17, 15) is 9.59 Å². The zero-order valence-corrected chi connectivity index (χ0v) is 31.2. The van der Waals surface area contributed by atoms with Crippen molar-refractivity contribution < 1.29 is 40.6 Å². The average molecular weight is 812 g/mol. The third-order valence-corrected chi connectivity index (χ3v) is 10.1. The van der Waals surface area contributed by atoms with Gasteiger partial charge in [-0.1, -0.05) is 124 Å². The van der Waals surface area contributed by atoms with Crippen LogP contribution in [0.25, 0.3) is 0 Å². The van der Waals surface area contributed by atoms with Crippen LogP contribution >= 0.6 is 63.7 Å². The van der Waals surface area contributed by atoms with Gasteiger partial charge < -0.3 is 1.43 Å². The molecule has 0 heterocycles. The summed E-state index contributed by atoms with van der Waals surface area (Å²) in [5.74, 6) is 0.612. The summed E-state index contributed by atoms with van der Waals surface area (Å²) in [6.45, 7) is 0. The van der Waals surface area contributed by atoms with Crippen LogP contribution in [-0.2, 0) is 36.3 Å². The number of Topliss-reactive ketones (excluding diaryl/α,β-unsaturated/α-hetero) is 2. The van der Waals surface area contributed by atoms with Gasteiger partial charge in [0.05, 0.1) is 0 Å². The molecule has 206 valence electrons. The monoisotopic (exact) mass is 808 g/mol. The number of hydrogen-bond acceptors (Lipinski definition) is 2. The predicted octanol–water partition coefficient (Wildman–Crippen LogP) is 7.14. The van der Waals surface area contributed by atoms with Crippen LogP contribution in [0.15, 0.2) is 93.9 Å². The van der Waals surface area contributed by atoms with E-state index < -0.39 is 0 Å². The van der Waals surface area contributed by atoms with Gasteiger partial charge in [-0.15, -0.1) is 0 Å². The Hall–Kier alpha value is -0.860. The van der Waals surface area contributed by atoms with Gasteiger partial charge in [-0.25, -0.2) is 0 Å². The number of benzene rings is 4. The first-order chi connectivity index (χ1) is 19.3. The Balaban J connectivity index is 0.000000182. The summed E-state index contributed by atoms with van der Waals surface area (Å²) < 4.78 is 1.98. The van der Waals surface area contributed by atoms with Gasteiger partial charge in [-0.05, 0) is 83.3 Å². The molecular weight excluding hydrogens is 783 g/mol. The second-order valence-corrected chi connectivity index (χ2v) is 13.4. The van der Waals surface area contributed by atoms with Crippen LogP contribution in [0.4, 0.5) is 0 Å². The minimum absolute atomic E-state index is 0. The fraction of sp³-hybridized carbons (Fsp3) is 0.235. The Morgan fingerprint density at radius 3 is 1.66 bits per heavy atom. The van der Waals surface area contributed by atoms with Gasteiger partial charge in [-0.3, -0.25) is 9.59 Å². The van der Waals surface area contributed by atoms with Crippen LogP contribution in [0.5, 0.6) is 0 Å². The van der Waals surface area contributed by atoms with Crippen molar-refractivity contribution >= 4 is 75.3 Å². The topological polar surface area (TPSA) is 34.1 Å². The van der Waals surface area contributed by atoms with Gasteiger partial charge in [0.2, 0.25) is 0 Å². The third kappa shape index (κ3) is 7.45. The van der Waals surface area contributed by atoms with E-state index in [4.69, 9.17) is 0 Å². The smallest absolute Gasteiger partial charge is 1.00 e. The number of alkyl halides is 2. The van der Waals surface area contributed by atoms with Crippen LogP contribution in [0.1, 0.15) is 61.9 Å². The van der Waals surface area contributed by atoms with E-state index in [2.05, 4.69) is 118 Å². The van der Waals surface area contributed by atoms with Crippen LogP contribution in [-0.4, -0.2) is 11.6 Å². The summed E-state index contributed by atoms with van der Waals surface area (Å²) in [6.07, 6.45) is 4.29. The Kier molecular flexibility index (Phi) is 11.9. The molecule has 0 saturated heterocycles. The molecule has 4 aromatic rings. The maximum Gasteiger partial charge on any atom is 1.00 e. The molecule has 0 atom stereocenters. The summed E-state index contributed by atoms with van der Waals surface area (Å²) in [6, 6.07) is 28.9. The molecular formula is C34H29Br4NaO2. The first kappa shape index (κ1) is 33.0. The minimum atomic E-state index is -0.202. The average Bonchev–Trinajstić information content (AvgIpc) is 3.62. The van der Waals surface area contributed by atoms with E-state index in [1.807, 2.05) is 30.3 Å². The van der Waals surface area contributed by atoms with Crippen LogP contribution in [0, 0.1) is 5.41 Å². The van der Waals surface area contributed by atoms with Crippen molar-refractivity contribution in [1.82, 2.24) is 0 Å². The Morgan fingerprint density at radius 2 is 1.10 bits per heavy atom. The number of halogens is 4. The number of rotatable bonds is 2. The summed E-state index contributed by atoms with van der Waals surface area (Å²) >= 11 is 13.7. The molecule has 0 aliphatic heterocycles. The molecule has 3 aliphatic rings. The molecule has 0 amide bonds. The van der Waals surface area contributed by atoms with Gasteiger partial charge in [-0.2, -0.15) is 0 Å². The molecule has 7 heteroatoms. The minimum Gasteiger partial charge on any atom is -1.00 e. The van der Waals surface area contributed by atoms with Crippen molar-refractivity contribution in [3.63, 3.8) is 0 Å². The molecule has 0 saturated carbocycles. The largest absolute Gasteiger partial charge is 1.00 e. The predicted molar refractivity (Wildman–Crippen MR) is 178 cm³/mol. The molecule has 7 rings (SSSR count). The molecule has 0 fully saturated rings. The van der Waals surface area contributed by atoms with Gasteiger partial charge in [0.1, 0.15) is 0 Å². The summed E-state index contributed by atoms with van der Waals surface area (Å²) in [5, 5.41) is 1.88. The SMILES string of the molecule is BrCc1ccccc1CBr.O=C1CCc2ccc(Br)cc21.O=C1c2cc(Br)ccc2CC12Cc1ccccc1C2.[H-].[Na+]. The van der Waals surface area contributed by atoms with E-state index in [0.717, 1.165) is 56.4 Å². The Labute approximate surface area is 299 Å². The van der Waals surface area contributed by atoms with E-state index in [1.54, 1.807) is 0 Å². The Morgan fingerprint density at radius 1 is 0.610 bits per heavy atom. The standard InChI is InChI=1S/C17H13BrO.C9H7BrO.C8H8Br2.Na.H/c18-14-6-5-13-10-17(16(19)15(13)7-14)8-11-3-1-2-4-12(11)9-17;10-7-3-1-6-2-4-9(11)8(6)5-7;9-5-7-3-1-2-4-8(7)6-10;;/h1-7H,8-10H2;1,3,5H,2,4H2;1-4H,5-6H2;;/q;;;+1;-1. The van der Waals surface area contributed by atoms with Crippen LogP contribution in [0.2, 0.25) is 0 Å². The van der Waals surface area contributed by atoms with Crippen molar-refractivity contribution in [3.05, 3.63) is 138 Å². The van der Waals surface area contributed by atoms with Crippen molar-refractivity contribution in [2.24, 2.45) is 5.41 Å². The zero-order chi connectivity index (χ0) is 28.3. The molecule has 0 bridgehead atoms. The van der Waals surface area contributed by atoms with E-state index in [0.29, 0.717) is 12.2 Å². The van der Waals surface area contributed by atoms with Gasteiger partial charge in [0, 0.05) is 42.6 Å². The molecule has 2 nitrogen and oxygen atoms in total. The van der Waals surface area contributed by atoms with Crippen molar-refractivity contribution in [3.8, 4) is 0 Å². The van der Waals surface area contributed by atoms with Gasteiger partial charge in [0.25, 0.3) is 0 Å². The molecule has 4 aromatic carbocycles. The number of ketones is 2. The zero-order valence-electron chi connectivity index (χ0n) is 23.9. The summed E-state index contributed by atoms with van der Waals surface area (Å²) in [7, 11) is 0. The van der Waals surface area contributed by atoms with Gasteiger partial charge >= 0.3 is 29.6 Å². The second-order valence-electron chi connectivity index (χ2n) is 10.5. The quantitative estimate of drug-likeness (QED) is 0.160. The first-order valence-electron chi connectivity index (χ1n) is 13.2. The molecule has 0 radical (unpaired) electrons. The number of hydrogen-bond donors (Lipinski definition) is 0. The molecule has 0 unspecified atom stereocenters. The third-order valence-electron chi connectivity index (χ3n) is 7.90. The van der Waals surface area contributed by atoms with Crippen molar-refractivity contribution in [1.29, 1.82) is 0 Å². The molecule has 41 heavy (non-hydrogen) atoms. The first-order valence-corrected chi connectivity index (χ1v) is 17.1. The normalized spacial score (nSPS) is 15.1. The fourth-order valence-corrected chi connectivity index (χ4v) is 7.67. The molecule has 0 aromatic heterocycles. The van der Waals surface area contributed by atoms with Gasteiger partial charge in [0.15, 0.2) is 11.6 Å². The van der Waals surface area contributed by atoms with Crippen LogP contribution in [0.3, 0.4) is 0 Å². The Bertz CT molecular complexity index is 1540. The second kappa shape index (κ2) is 14.7. The van der Waals surface area contributed by atoms with E-state index in [-0.39, 0.29) is 42.2 Å². The summed E-state index contributed by atoms with van der Waals surface area (Å²) in [5.41, 5.74) is 9.44. The maximum atomic E-state index is 12.8. The van der Waals surface area contributed by atoms with Crippen molar-refractivity contribution in [2.75, 3.05) is 0 Å².